The summed E-state index contributed by atoms with van der Waals surface area (Å²) in [5.74, 6) is 0. The summed E-state index contributed by atoms with van der Waals surface area (Å²) in [7, 11) is 0. The van der Waals surface area contributed by atoms with Crippen LogP contribution in [0.5, 0.6) is 0 Å². The van der Waals surface area contributed by atoms with E-state index in [0.29, 0.717) is 0 Å². The maximum Gasteiger partial charge on any atom is 0 e. The number of hydrogen-bond acceptors (Lipinski definition) is 1. The maximum atomic E-state index is 4.10. The van der Waals surface area contributed by atoms with Gasteiger partial charge in [0, 0.05) is 31.1 Å². The van der Waals surface area contributed by atoms with E-state index in [4.69, 9.17) is 0 Å². The first-order valence-corrected chi connectivity index (χ1v) is 3.39. The molecule has 0 saturated heterocycles. The molecule has 1 rings (SSSR count). The predicted molar refractivity (Wildman–Crippen MR) is 40.2 cm³/mol. The zero-order valence-electron chi connectivity index (χ0n) is 4.56. The van der Waals surface area contributed by atoms with Gasteiger partial charge in [-0.2, -0.15) is 30.8 Å². The Balaban J connectivity index is 0.000000640. The molecule has 46 valence electrons. The van der Waals surface area contributed by atoms with Crippen molar-refractivity contribution in [2.45, 2.75) is 4.90 Å². The first-order chi connectivity index (χ1) is 3.79. The van der Waals surface area contributed by atoms with E-state index in [1.807, 2.05) is 18.2 Å². The summed E-state index contributed by atoms with van der Waals surface area (Å²) in [5, 5.41) is 0. The quantitative estimate of drug-likeness (QED) is 0.479. The number of benzene rings is 1. The van der Waals surface area contributed by atoms with Gasteiger partial charge in [-0.1, -0.05) is 20.4 Å². The van der Waals surface area contributed by atoms with Crippen LogP contribution >= 0.6 is 28.6 Å². The molecule has 0 aromatic heterocycles. The zero-order chi connectivity index (χ0) is 5.98. The first kappa shape index (κ1) is 10.1. The second-order valence-electron chi connectivity index (χ2n) is 1.39. The molecule has 0 unspecified atom stereocenters. The number of thiol groups is 1. The van der Waals surface area contributed by atoms with Crippen LogP contribution in [0.3, 0.4) is 0 Å². The van der Waals surface area contributed by atoms with Gasteiger partial charge in [0.1, 0.15) is 0 Å². The standard InChI is InChI=1S/C6H4BrS.U/c7-5-2-1-3-6(8)4-5;/h1,3-4,8H;/q-1;. The minimum absolute atomic E-state index is 0. The molecule has 0 heterocycles. The summed E-state index contributed by atoms with van der Waals surface area (Å²) in [6.45, 7) is 0. The van der Waals surface area contributed by atoms with E-state index < -0.39 is 0 Å². The van der Waals surface area contributed by atoms with Gasteiger partial charge in [-0.05, 0) is 0 Å². The van der Waals surface area contributed by atoms with Crippen molar-refractivity contribution in [3.63, 3.8) is 0 Å². The molecule has 0 bridgehead atoms. The number of halogens is 1. The van der Waals surface area contributed by atoms with Gasteiger partial charge >= 0.3 is 0 Å². The SMILES string of the molecule is Sc1cc[c-]c(Br)c1.[U]. The Morgan fingerprint density at radius 2 is 2.22 bits per heavy atom. The summed E-state index contributed by atoms with van der Waals surface area (Å²) in [6, 6.07) is 8.54. The Morgan fingerprint density at radius 1 is 1.56 bits per heavy atom. The Hall–Kier alpha value is 1.10. The molecule has 0 aliphatic carbocycles. The van der Waals surface area contributed by atoms with Crippen LogP contribution in [0.2, 0.25) is 0 Å². The normalized spacial score (nSPS) is 8.22. The monoisotopic (exact) mass is 425 g/mol. The third-order valence-corrected chi connectivity index (χ3v) is 1.49. The molecule has 1 aromatic rings. The molecule has 0 saturated carbocycles. The van der Waals surface area contributed by atoms with E-state index >= 15 is 0 Å². The van der Waals surface area contributed by atoms with Crippen molar-refractivity contribution < 1.29 is 31.1 Å². The van der Waals surface area contributed by atoms with Crippen molar-refractivity contribution >= 4 is 28.6 Å². The molecule has 0 atom stereocenters. The largest absolute Gasteiger partial charge is 0.175 e. The maximum absolute atomic E-state index is 4.10. The molecular weight excluding hydrogens is 422 g/mol. The zero-order valence-corrected chi connectivity index (χ0v) is 11.2. The molecule has 9 heavy (non-hydrogen) atoms. The average Bonchev–Trinajstić information content (AvgIpc) is 1.64. The van der Waals surface area contributed by atoms with Crippen LogP contribution in [0, 0.1) is 37.2 Å². The molecule has 0 N–H and O–H groups in total. The summed E-state index contributed by atoms with van der Waals surface area (Å²) in [4.78, 5) is 0.954. The molecule has 3 heteroatoms. The van der Waals surface area contributed by atoms with E-state index in [1.54, 1.807) is 0 Å². The Kier molecular flexibility index (Phi) is 5.44. The van der Waals surface area contributed by atoms with Crippen LogP contribution in [0.25, 0.3) is 0 Å². The van der Waals surface area contributed by atoms with Gasteiger partial charge in [0.05, 0.1) is 0 Å². The number of hydrogen-bond donors (Lipinski definition) is 1. The van der Waals surface area contributed by atoms with Crippen molar-refractivity contribution in [2.75, 3.05) is 0 Å². The first-order valence-electron chi connectivity index (χ1n) is 2.15. The van der Waals surface area contributed by atoms with Crippen molar-refractivity contribution in [2.24, 2.45) is 0 Å². The topological polar surface area (TPSA) is 0 Å². The average molecular weight is 426 g/mol. The summed E-state index contributed by atoms with van der Waals surface area (Å²) >= 11 is 7.36. The van der Waals surface area contributed by atoms with Gasteiger partial charge in [-0.15, -0.1) is 11.0 Å². The third kappa shape index (κ3) is 3.72. The Labute approximate surface area is 92.3 Å². The fraction of sp³-hybridized carbons (Fsp3) is 0. The predicted octanol–water partition coefficient (Wildman–Crippen LogP) is 2.54. The molecule has 0 amide bonds. The Morgan fingerprint density at radius 3 is 2.56 bits per heavy atom. The second-order valence-corrected chi connectivity index (χ2v) is 2.77. The van der Waals surface area contributed by atoms with Gasteiger partial charge < -0.3 is 0 Å². The van der Waals surface area contributed by atoms with E-state index in [9.17, 15) is 0 Å². The van der Waals surface area contributed by atoms with Crippen LogP contribution in [-0.2, 0) is 0 Å². The molecule has 0 fully saturated rings. The van der Waals surface area contributed by atoms with Crippen molar-refractivity contribution in [3.8, 4) is 0 Å². The van der Waals surface area contributed by atoms with Crippen LogP contribution in [0.15, 0.2) is 27.6 Å². The van der Waals surface area contributed by atoms with Crippen molar-refractivity contribution in [1.82, 2.24) is 0 Å². The van der Waals surface area contributed by atoms with Crippen LogP contribution in [-0.4, -0.2) is 0 Å². The minimum Gasteiger partial charge on any atom is -0.175 e. The van der Waals surface area contributed by atoms with Gasteiger partial charge in [0.15, 0.2) is 0 Å². The van der Waals surface area contributed by atoms with E-state index in [2.05, 4.69) is 34.6 Å². The van der Waals surface area contributed by atoms with Crippen LogP contribution in [0.1, 0.15) is 0 Å². The Bertz CT molecular complexity index is 173. The van der Waals surface area contributed by atoms with Gasteiger partial charge in [-0.25, -0.2) is 0 Å². The molecule has 0 nitrogen and oxygen atoms in total. The summed E-state index contributed by atoms with van der Waals surface area (Å²) in [6.07, 6.45) is 0. The van der Waals surface area contributed by atoms with E-state index in [1.165, 1.54) is 0 Å². The van der Waals surface area contributed by atoms with Crippen LogP contribution < -0.4 is 0 Å². The van der Waals surface area contributed by atoms with E-state index in [-0.39, 0.29) is 31.1 Å². The van der Waals surface area contributed by atoms with Gasteiger partial charge in [0.2, 0.25) is 0 Å². The molecule has 0 aliphatic heterocycles. The molecule has 0 aliphatic rings. The summed E-state index contributed by atoms with van der Waals surface area (Å²) in [5.41, 5.74) is 0. The minimum atomic E-state index is 0. The molecule has 0 radical (unpaired) electrons. The third-order valence-electron chi connectivity index (χ3n) is 0.750. The van der Waals surface area contributed by atoms with Crippen LogP contribution in [0.4, 0.5) is 0 Å². The fourth-order valence-corrected chi connectivity index (χ4v) is 1.19. The smallest absolute Gasteiger partial charge is 0 e. The van der Waals surface area contributed by atoms with Crippen molar-refractivity contribution in [3.05, 3.63) is 28.7 Å². The van der Waals surface area contributed by atoms with E-state index in [0.717, 1.165) is 9.37 Å². The molecule has 1 aromatic carbocycles. The van der Waals surface area contributed by atoms with Gasteiger partial charge in [0.25, 0.3) is 0 Å². The second kappa shape index (κ2) is 4.85. The number of rotatable bonds is 0. The van der Waals surface area contributed by atoms with Gasteiger partial charge in [-0.3, -0.25) is 0 Å². The fourth-order valence-electron chi connectivity index (χ4n) is 0.426. The summed E-state index contributed by atoms with van der Waals surface area (Å²) < 4.78 is 0.949. The molecular formula is C6H4BrSU-. The van der Waals surface area contributed by atoms with Crippen molar-refractivity contribution in [1.29, 1.82) is 0 Å². The molecule has 0 spiro atoms.